The van der Waals surface area contributed by atoms with Crippen LogP contribution in [0.5, 0.6) is 0 Å². The highest BCUT2D eigenvalue weighted by atomic mass is 32.2. The number of carbonyl (C=O) groups excluding carboxylic acids is 2. The number of amides is 2. The summed E-state index contributed by atoms with van der Waals surface area (Å²) in [6, 6.07) is 15.7. The first kappa shape index (κ1) is 20.8. The van der Waals surface area contributed by atoms with E-state index in [2.05, 4.69) is 36.5 Å². The van der Waals surface area contributed by atoms with Crippen LogP contribution in [0, 0.1) is 6.92 Å². The van der Waals surface area contributed by atoms with E-state index in [-0.39, 0.29) is 17.6 Å². The summed E-state index contributed by atoms with van der Waals surface area (Å²) in [6.45, 7) is 9.29. The van der Waals surface area contributed by atoms with Gasteiger partial charge in [-0.05, 0) is 64.1 Å². The van der Waals surface area contributed by atoms with Crippen LogP contribution in [0.4, 0.5) is 5.69 Å². The SMILES string of the molecule is CCN(c1ccc(C(=O)NNC(=O)CSc2ccc(C)cc2)cc1)C(C)C. The standard InChI is InChI=1S/C21H27N3O2S/c1-5-24(15(2)3)18-10-8-17(9-11-18)21(26)23-22-20(25)14-27-19-12-6-16(4)7-13-19/h6-13,15H,5,14H2,1-4H3,(H,22,25)(H,23,26). The topological polar surface area (TPSA) is 61.4 Å². The monoisotopic (exact) mass is 385 g/mol. The van der Waals surface area contributed by atoms with Gasteiger partial charge in [-0.15, -0.1) is 11.8 Å². The van der Waals surface area contributed by atoms with Gasteiger partial charge in [0.15, 0.2) is 0 Å². The summed E-state index contributed by atoms with van der Waals surface area (Å²) in [5.74, 6) is -0.340. The second-order valence-electron chi connectivity index (χ2n) is 6.53. The Morgan fingerprint density at radius 3 is 2.19 bits per heavy atom. The summed E-state index contributed by atoms with van der Waals surface area (Å²) in [4.78, 5) is 27.4. The van der Waals surface area contributed by atoms with Crippen LogP contribution in [0.1, 0.15) is 36.7 Å². The van der Waals surface area contributed by atoms with Gasteiger partial charge in [-0.1, -0.05) is 17.7 Å². The van der Waals surface area contributed by atoms with Crippen LogP contribution in [0.25, 0.3) is 0 Å². The maximum atomic E-state index is 12.2. The van der Waals surface area contributed by atoms with Gasteiger partial charge < -0.3 is 4.90 Å². The predicted octanol–water partition coefficient (Wildman–Crippen LogP) is 3.78. The molecule has 0 heterocycles. The minimum absolute atomic E-state index is 0.238. The van der Waals surface area contributed by atoms with Gasteiger partial charge in [0.1, 0.15) is 0 Å². The van der Waals surface area contributed by atoms with Gasteiger partial charge in [0.2, 0.25) is 5.91 Å². The molecule has 0 aliphatic carbocycles. The van der Waals surface area contributed by atoms with E-state index in [0.717, 1.165) is 17.1 Å². The third kappa shape index (κ3) is 6.32. The Labute approximate surface area is 165 Å². The van der Waals surface area contributed by atoms with Crippen LogP contribution in [0.3, 0.4) is 0 Å². The Morgan fingerprint density at radius 1 is 1.00 bits per heavy atom. The lowest BCUT2D eigenvalue weighted by atomic mass is 10.1. The largest absolute Gasteiger partial charge is 0.369 e. The molecule has 0 radical (unpaired) electrons. The summed E-state index contributed by atoms with van der Waals surface area (Å²) in [5.41, 5.74) is 7.68. The minimum atomic E-state index is -0.331. The van der Waals surface area contributed by atoms with Crippen molar-refractivity contribution in [2.45, 2.75) is 38.6 Å². The molecule has 5 nitrogen and oxygen atoms in total. The fourth-order valence-electron chi connectivity index (χ4n) is 2.67. The van der Waals surface area contributed by atoms with Crippen molar-refractivity contribution in [3.05, 3.63) is 59.7 Å². The van der Waals surface area contributed by atoms with Gasteiger partial charge in [-0.3, -0.25) is 20.4 Å². The van der Waals surface area contributed by atoms with Crippen molar-refractivity contribution in [3.8, 4) is 0 Å². The number of thioether (sulfide) groups is 1. The van der Waals surface area contributed by atoms with Crippen LogP contribution in [-0.4, -0.2) is 30.2 Å². The second kappa shape index (κ2) is 10.0. The van der Waals surface area contributed by atoms with Crippen molar-refractivity contribution in [1.29, 1.82) is 0 Å². The Bertz CT molecular complexity index is 758. The van der Waals surface area contributed by atoms with E-state index in [1.807, 2.05) is 43.3 Å². The van der Waals surface area contributed by atoms with Crippen molar-refractivity contribution in [1.82, 2.24) is 10.9 Å². The van der Waals surface area contributed by atoms with Crippen molar-refractivity contribution in [2.24, 2.45) is 0 Å². The number of hydrazine groups is 1. The lowest BCUT2D eigenvalue weighted by Gasteiger charge is -2.27. The number of rotatable bonds is 7. The molecule has 2 aromatic carbocycles. The number of anilines is 1. The van der Waals surface area contributed by atoms with Gasteiger partial charge >= 0.3 is 0 Å². The molecular formula is C21H27N3O2S. The molecule has 0 fully saturated rings. The first-order chi connectivity index (χ1) is 12.9. The second-order valence-corrected chi connectivity index (χ2v) is 7.58. The Kier molecular flexibility index (Phi) is 7.73. The lowest BCUT2D eigenvalue weighted by molar-refractivity contribution is -0.119. The minimum Gasteiger partial charge on any atom is -0.369 e. The van der Waals surface area contributed by atoms with Gasteiger partial charge in [-0.2, -0.15) is 0 Å². The van der Waals surface area contributed by atoms with Crippen LogP contribution in [0.15, 0.2) is 53.4 Å². The predicted molar refractivity (Wildman–Crippen MR) is 112 cm³/mol. The highest BCUT2D eigenvalue weighted by molar-refractivity contribution is 8.00. The highest BCUT2D eigenvalue weighted by Crippen LogP contribution is 2.18. The van der Waals surface area contributed by atoms with Crippen molar-refractivity contribution in [2.75, 3.05) is 17.2 Å². The summed E-state index contributed by atoms with van der Waals surface area (Å²) >= 11 is 1.43. The van der Waals surface area contributed by atoms with Crippen LogP contribution >= 0.6 is 11.8 Å². The molecule has 0 aliphatic heterocycles. The zero-order chi connectivity index (χ0) is 19.8. The van der Waals surface area contributed by atoms with E-state index in [1.165, 1.54) is 17.3 Å². The Morgan fingerprint density at radius 2 is 1.63 bits per heavy atom. The smallest absolute Gasteiger partial charge is 0.269 e. The molecule has 27 heavy (non-hydrogen) atoms. The van der Waals surface area contributed by atoms with Gasteiger partial charge in [0.05, 0.1) is 5.75 Å². The van der Waals surface area contributed by atoms with Gasteiger partial charge in [-0.25, -0.2) is 0 Å². The number of benzene rings is 2. The molecule has 6 heteroatoms. The highest BCUT2D eigenvalue weighted by Gasteiger charge is 2.11. The normalized spacial score (nSPS) is 10.6. The summed E-state index contributed by atoms with van der Waals surface area (Å²) in [6.07, 6.45) is 0. The maximum absolute atomic E-state index is 12.2. The maximum Gasteiger partial charge on any atom is 0.269 e. The third-order valence-corrected chi connectivity index (χ3v) is 5.14. The number of nitrogens with one attached hydrogen (secondary N) is 2. The molecule has 2 aromatic rings. The number of nitrogens with zero attached hydrogens (tertiary/aromatic N) is 1. The van der Waals surface area contributed by atoms with E-state index < -0.39 is 0 Å². The Balaban J connectivity index is 1.82. The van der Waals surface area contributed by atoms with Crippen LogP contribution in [-0.2, 0) is 4.79 Å². The summed E-state index contributed by atoms with van der Waals surface area (Å²) in [5, 5.41) is 0. The molecule has 0 aromatic heterocycles. The van der Waals surface area contributed by atoms with Gasteiger partial charge in [0, 0.05) is 28.7 Å². The number of hydrogen-bond acceptors (Lipinski definition) is 4. The molecule has 0 unspecified atom stereocenters. The van der Waals surface area contributed by atoms with E-state index >= 15 is 0 Å². The van der Waals surface area contributed by atoms with Gasteiger partial charge in [0.25, 0.3) is 5.91 Å². The molecule has 0 spiro atoms. The number of aryl methyl sites for hydroxylation is 1. The Hall–Kier alpha value is -2.47. The fourth-order valence-corrected chi connectivity index (χ4v) is 3.37. The molecule has 0 saturated heterocycles. The molecule has 144 valence electrons. The first-order valence-electron chi connectivity index (χ1n) is 9.06. The lowest BCUT2D eigenvalue weighted by Crippen LogP contribution is -2.42. The van der Waals surface area contributed by atoms with Crippen molar-refractivity contribution in [3.63, 3.8) is 0 Å². The fraction of sp³-hybridized carbons (Fsp3) is 0.333. The van der Waals surface area contributed by atoms with Crippen LogP contribution in [0.2, 0.25) is 0 Å². The van der Waals surface area contributed by atoms with E-state index in [9.17, 15) is 9.59 Å². The van der Waals surface area contributed by atoms with E-state index in [1.54, 1.807) is 12.1 Å². The zero-order valence-corrected chi connectivity index (χ0v) is 17.1. The van der Waals surface area contributed by atoms with Crippen molar-refractivity contribution < 1.29 is 9.59 Å². The number of carbonyl (C=O) groups is 2. The molecule has 0 bridgehead atoms. The quantitative estimate of drug-likeness (QED) is 0.562. The molecule has 2 rings (SSSR count). The molecule has 2 N–H and O–H groups in total. The van der Waals surface area contributed by atoms with Crippen LogP contribution < -0.4 is 15.8 Å². The first-order valence-corrected chi connectivity index (χ1v) is 10.0. The average molecular weight is 386 g/mol. The van der Waals surface area contributed by atoms with E-state index in [4.69, 9.17) is 0 Å². The average Bonchev–Trinajstić information content (AvgIpc) is 2.66. The summed E-state index contributed by atoms with van der Waals surface area (Å²) in [7, 11) is 0. The summed E-state index contributed by atoms with van der Waals surface area (Å²) < 4.78 is 0. The molecular weight excluding hydrogens is 358 g/mol. The molecule has 0 saturated carbocycles. The molecule has 2 amide bonds. The third-order valence-electron chi connectivity index (χ3n) is 4.13. The zero-order valence-electron chi connectivity index (χ0n) is 16.3. The van der Waals surface area contributed by atoms with E-state index in [0.29, 0.717) is 11.6 Å². The van der Waals surface area contributed by atoms with Crippen molar-refractivity contribution >= 4 is 29.3 Å². The molecule has 0 atom stereocenters. The number of hydrogen-bond donors (Lipinski definition) is 2. The molecule has 0 aliphatic rings.